The molecule has 4 nitrogen and oxygen atoms in total. The summed E-state index contributed by atoms with van der Waals surface area (Å²) < 4.78 is 7.02. The minimum absolute atomic E-state index is 0.555. The standard InChI is InChI=1S/C22H22BrN3O/c1-14-5-4-8-26(12-14)13-16-9-17(11-24)21-20(10-16)25-22(27-21)18-6-3-7-19(23)15(18)2/h3,6-7,9-10,14H,4-5,8,12-13H2,1-2H3. The van der Waals surface area contributed by atoms with E-state index in [1.165, 1.54) is 12.8 Å². The summed E-state index contributed by atoms with van der Waals surface area (Å²) >= 11 is 3.56. The zero-order valence-corrected chi connectivity index (χ0v) is 17.2. The highest BCUT2D eigenvalue weighted by Gasteiger charge is 2.19. The second-order valence-corrected chi connectivity index (χ2v) is 8.37. The molecule has 1 fully saturated rings. The van der Waals surface area contributed by atoms with Crippen LogP contribution in [-0.2, 0) is 6.54 Å². The third-order valence-corrected chi connectivity index (χ3v) is 6.17. The molecule has 1 atom stereocenters. The summed E-state index contributed by atoms with van der Waals surface area (Å²) in [7, 11) is 0. The van der Waals surface area contributed by atoms with E-state index in [1.54, 1.807) is 0 Å². The average Bonchev–Trinajstić information content (AvgIpc) is 3.07. The van der Waals surface area contributed by atoms with Crippen molar-refractivity contribution in [1.29, 1.82) is 5.26 Å². The van der Waals surface area contributed by atoms with Crippen molar-refractivity contribution in [3.05, 3.63) is 51.5 Å². The Hall–Kier alpha value is -2.16. The summed E-state index contributed by atoms with van der Waals surface area (Å²) in [5, 5.41) is 9.63. The highest BCUT2D eigenvalue weighted by molar-refractivity contribution is 9.10. The molecular weight excluding hydrogens is 402 g/mol. The number of rotatable bonds is 3. The van der Waals surface area contributed by atoms with Gasteiger partial charge in [-0.1, -0.05) is 28.9 Å². The number of nitriles is 1. The van der Waals surface area contributed by atoms with Gasteiger partial charge < -0.3 is 4.42 Å². The van der Waals surface area contributed by atoms with Gasteiger partial charge in [-0.3, -0.25) is 4.90 Å². The van der Waals surface area contributed by atoms with Crippen molar-refractivity contribution in [3.8, 4) is 17.5 Å². The van der Waals surface area contributed by atoms with Crippen LogP contribution in [-0.4, -0.2) is 23.0 Å². The van der Waals surface area contributed by atoms with E-state index < -0.39 is 0 Å². The maximum absolute atomic E-state index is 9.63. The van der Waals surface area contributed by atoms with Gasteiger partial charge in [0.05, 0.1) is 5.56 Å². The fraction of sp³-hybridized carbons (Fsp3) is 0.364. The molecular formula is C22H22BrN3O. The van der Waals surface area contributed by atoms with Gasteiger partial charge in [-0.2, -0.15) is 5.26 Å². The Morgan fingerprint density at radius 2 is 2.22 bits per heavy atom. The Morgan fingerprint density at radius 1 is 1.37 bits per heavy atom. The Kier molecular flexibility index (Phi) is 5.03. The van der Waals surface area contributed by atoms with Crippen LogP contribution in [0.2, 0.25) is 0 Å². The molecule has 4 rings (SSSR count). The molecule has 1 saturated heterocycles. The van der Waals surface area contributed by atoms with Crippen molar-refractivity contribution in [2.45, 2.75) is 33.2 Å². The van der Waals surface area contributed by atoms with Gasteiger partial charge in [0.1, 0.15) is 11.6 Å². The molecule has 5 heteroatoms. The molecule has 1 aliphatic rings. The van der Waals surface area contributed by atoms with Crippen molar-refractivity contribution in [2.24, 2.45) is 5.92 Å². The number of oxazole rings is 1. The molecule has 3 aromatic rings. The van der Waals surface area contributed by atoms with Gasteiger partial charge in [0.2, 0.25) is 5.89 Å². The topological polar surface area (TPSA) is 53.1 Å². The summed E-state index contributed by atoms with van der Waals surface area (Å²) in [6.07, 6.45) is 2.54. The average molecular weight is 424 g/mol. The van der Waals surface area contributed by atoms with E-state index in [1.807, 2.05) is 31.2 Å². The first kappa shape index (κ1) is 18.2. The lowest BCUT2D eigenvalue weighted by molar-refractivity contribution is 0.176. The van der Waals surface area contributed by atoms with E-state index in [0.717, 1.165) is 52.2 Å². The molecule has 138 valence electrons. The number of halogens is 1. The smallest absolute Gasteiger partial charge is 0.227 e. The van der Waals surface area contributed by atoms with E-state index >= 15 is 0 Å². The third kappa shape index (κ3) is 3.65. The first-order chi connectivity index (χ1) is 13.0. The van der Waals surface area contributed by atoms with E-state index in [-0.39, 0.29) is 0 Å². The zero-order valence-electron chi connectivity index (χ0n) is 15.6. The fourth-order valence-electron chi connectivity index (χ4n) is 3.91. The van der Waals surface area contributed by atoms with Gasteiger partial charge in [0, 0.05) is 23.1 Å². The number of aromatic nitrogens is 1. The predicted octanol–water partition coefficient (Wildman–Crippen LogP) is 5.67. The van der Waals surface area contributed by atoms with Crippen LogP contribution in [0.1, 0.15) is 36.5 Å². The second-order valence-electron chi connectivity index (χ2n) is 7.52. The van der Waals surface area contributed by atoms with Crippen LogP contribution in [0.3, 0.4) is 0 Å². The lowest BCUT2D eigenvalue weighted by atomic mass is 9.99. The molecule has 1 aliphatic heterocycles. The first-order valence-electron chi connectivity index (χ1n) is 9.36. The van der Waals surface area contributed by atoms with Crippen molar-refractivity contribution in [3.63, 3.8) is 0 Å². The van der Waals surface area contributed by atoms with E-state index in [2.05, 4.69) is 39.9 Å². The van der Waals surface area contributed by atoms with Crippen molar-refractivity contribution in [1.82, 2.24) is 9.88 Å². The number of hydrogen-bond donors (Lipinski definition) is 0. The molecule has 0 radical (unpaired) electrons. The molecule has 0 amide bonds. The van der Waals surface area contributed by atoms with Gasteiger partial charge >= 0.3 is 0 Å². The van der Waals surface area contributed by atoms with Crippen molar-refractivity contribution in [2.75, 3.05) is 13.1 Å². The lowest BCUT2D eigenvalue weighted by Crippen LogP contribution is -2.33. The molecule has 2 heterocycles. The van der Waals surface area contributed by atoms with Gasteiger partial charge in [-0.15, -0.1) is 0 Å². The zero-order chi connectivity index (χ0) is 19.0. The largest absolute Gasteiger partial charge is 0.435 e. The number of hydrogen-bond acceptors (Lipinski definition) is 4. The molecule has 2 aromatic carbocycles. The van der Waals surface area contributed by atoms with Gasteiger partial charge in [0.25, 0.3) is 0 Å². The lowest BCUT2D eigenvalue weighted by Gasteiger charge is -2.30. The first-order valence-corrected chi connectivity index (χ1v) is 10.2. The van der Waals surface area contributed by atoms with E-state index in [0.29, 0.717) is 17.0 Å². The molecule has 1 unspecified atom stereocenters. The van der Waals surface area contributed by atoms with Crippen LogP contribution in [0.4, 0.5) is 0 Å². The Labute approximate surface area is 167 Å². The molecule has 0 saturated carbocycles. The van der Waals surface area contributed by atoms with Crippen LogP contribution < -0.4 is 0 Å². The maximum Gasteiger partial charge on any atom is 0.227 e. The Bertz CT molecular complexity index is 1030. The number of fused-ring (bicyclic) bond motifs is 1. The van der Waals surface area contributed by atoms with Crippen LogP contribution in [0.25, 0.3) is 22.6 Å². The highest BCUT2D eigenvalue weighted by atomic mass is 79.9. The monoisotopic (exact) mass is 423 g/mol. The minimum Gasteiger partial charge on any atom is -0.435 e. The molecule has 1 aromatic heterocycles. The summed E-state index contributed by atoms with van der Waals surface area (Å²) in [6, 6.07) is 12.3. The second kappa shape index (κ2) is 7.46. The third-order valence-electron chi connectivity index (χ3n) is 5.32. The van der Waals surface area contributed by atoms with Crippen molar-refractivity contribution < 1.29 is 4.42 Å². The number of likely N-dealkylation sites (tertiary alicyclic amines) is 1. The maximum atomic E-state index is 9.63. The Balaban J connectivity index is 1.72. The summed E-state index contributed by atoms with van der Waals surface area (Å²) in [5.74, 6) is 1.29. The van der Waals surface area contributed by atoms with Crippen LogP contribution in [0.15, 0.2) is 39.2 Å². The van der Waals surface area contributed by atoms with Crippen LogP contribution in [0, 0.1) is 24.2 Å². The minimum atomic E-state index is 0.555. The summed E-state index contributed by atoms with van der Waals surface area (Å²) in [4.78, 5) is 7.17. The number of benzene rings is 2. The molecule has 27 heavy (non-hydrogen) atoms. The van der Waals surface area contributed by atoms with Crippen LogP contribution >= 0.6 is 15.9 Å². The fourth-order valence-corrected chi connectivity index (χ4v) is 4.27. The highest BCUT2D eigenvalue weighted by Crippen LogP contribution is 2.32. The number of nitrogens with zero attached hydrogens (tertiary/aromatic N) is 3. The number of piperidine rings is 1. The SMILES string of the molecule is Cc1c(Br)cccc1-c1nc2cc(CN3CCCC(C)C3)cc(C#N)c2o1. The Morgan fingerprint density at radius 3 is 3.00 bits per heavy atom. The predicted molar refractivity (Wildman–Crippen MR) is 110 cm³/mol. The van der Waals surface area contributed by atoms with Gasteiger partial charge in [-0.05, 0) is 67.6 Å². The molecule has 0 aliphatic carbocycles. The quantitative estimate of drug-likeness (QED) is 0.544. The van der Waals surface area contributed by atoms with Gasteiger partial charge in [-0.25, -0.2) is 4.98 Å². The van der Waals surface area contributed by atoms with E-state index in [4.69, 9.17) is 9.40 Å². The van der Waals surface area contributed by atoms with Crippen LogP contribution in [0.5, 0.6) is 0 Å². The van der Waals surface area contributed by atoms with Crippen molar-refractivity contribution >= 4 is 27.0 Å². The van der Waals surface area contributed by atoms with Gasteiger partial charge in [0.15, 0.2) is 5.58 Å². The normalized spacial score (nSPS) is 17.9. The molecule has 0 spiro atoms. The molecule has 0 N–H and O–H groups in total. The van der Waals surface area contributed by atoms with E-state index in [9.17, 15) is 5.26 Å². The molecule has 0 bridgehead atoms. The summed E-state index contributed by atoms with van der Waals surface area (Å²) in [6.45, 7) is 7.42. The summed E-state index contributed by atoms with van der Waals surface area (Å²) in [5.41, 5.74) is 5.02.